The minimum absolute atomic E-state index is 0.132. The molecule has 1 aliphatic carbocycles. The zero-order chi connectivity index (χ0) is 13.9. The lowest BCUT2D eigenvalue weighted by Crippen LogP contribution is -2.35. The summed E-state index contributed by atoms with van der Waals surface area (Å²) in [5, 5.41) is 5.81. The third-order valence-electron chi connectivity index (χ3n) is 4.17. The fourth-order valence-corrected chi connectivity index (χ4v) is 2.27. The Bertz CT molecular complexity index is 435. The standard InChI is InChI=1S/C15H23N3O/c1-11(2)15(7-8-15)10-17-14(19)18-13-5-3-12(9-16)4-6-13/h3-6,11H,7-10,16H2,1-2H3,(H2,17,18,19). The number of hydrogen-bond acceptors (Lipinski definition) is 2. The number of carbonyl (C=O) groups excluding carboxylic acids is 1. The highest BCUT2D eigenvalue weighted by molar-refractivity contribution is 5.89. The maximum Gasteiger partial charge on any atom is 0.319 e. The summed E-state index contributed by atoms with van der Waals surface area (Å²) in [7, 11) is 0. The van der Waals surface area contributed by atoms with Crippen LogP contribution in [0.2, 0.25) is 0 Å². The molecule has 4 N–H and O–H groups in total. The van der Waals surface area contributed by atoms with Crippen molar-refractivity contribution in [3.05, 3.63) is 29.8 Å². The smallest absolute Gasteiger partial charge is 0.319 e. The normalized spacial score (nSPS) is 16.2. The summed E-state index contributed by atoms with van der Waals surface area (Å²) in [4.78, 5) is 11.8. The van der Waals surface area contributed by atoms with E-state index in [1.807, 2.05) is 24.3 Å². The largest absolute Gasteiger partial charge is 0.337 e. The predicted octanol–water partition coefficient (Wildman–Crippen LogP) is 2.70. The van der Waals surface area contributed by atoms with E-state index in [4.69, 9.17) is 5.73 Å². The molecule has 2 amide bonds. The first-order valence-corrected chi connectivity index (χ1v) is 6.89. The van der Waals surface area contributed by atoms with Crippen molar-refractivity contribution in [2.45, 2.75) is 33.2 Å². The minimum atomic E-state index is -0.132. The van der Waals surface area contributed by atoms with Crippen molar-refractivity contribution in [2.24, 2.45) is 17.1 Å². The first kappa shape index (κ1) is 13.9. The van der Waals surface area contributed by atoms with E-state index in [1.54, 1.807) is 0 Å². The van der Waals surface area contributed by atoms with Crippen LogP contribution in [-0.4, -0.2) is 12.6 Å². The van der Waals surface area contributed by atoms with E-state index in [-0.39, 0.29) is 6.03 Å². The molecule has 1 aromatic rings. The lowest BCUT2D eigenvalue weighted by molar-refractivity contribution is 0.246. The van der Waals surface area contributed by atoms with Gasteiger partial charge in [0.05, 0.1) is 0 Å². The summed E-state index contributed by atoms with van der Waals surface area (Å²) in [6.45, 7) is 5.72. The fraction of sp³-hybridized carbons (Fsp3) is 0.533. The molecular formula is C15H23N3O. The Morgan fingerprint density at radius 2 is 1.95 bits per heavy atom. The van der Waals surface area contributed by atoms with Gasteiger partial charge in [-0.15, -0.1) is 0 Å². The van der Waals surface area contributed by atoms with Crippen LogP contribution in [0.15, 0.2) is 24.3 Å². The predicted molar refractivity (Wildman–Crippen MR) is 77.9 cm³/mol. The van der Waals surface area contributed by atoms with Gasteiger partial charge >= 0.3 is 6.03 Å². The Morgan fingerprint density at radius 3 is 2.42 bits per heavy atom. The Morgan fingerprint density at radius 1 is 1.32 bits per heavy atom. The molecule has 4 heteroatoms. The maximum atomic E-state index is 11.8. The van der Waals surface area contributed by atoms with E-state index in [9.17, 15) is 4.79 Å². The van der Waals surface area contributed by atoms with Crippen LogP contribution in [0.5, 0.6) is 0 Å². The average Bonchev–Trinajstić information content (AvgIpc) is 3.18. The quantitative estimate of drug-likeness (QED) is 0.763. The molecule has 1 aromatic carbocycles. The molecule has 1 saturated carbocycles. The lowest BCUT2D eigenvalue weighted by atomic mass is 9.92. The van der Waals surface area contributed by atoms with Gasteiger partial charge in [-0.2, -0.15) is 0 Å². The summed E-state index contributed by atoms with van der Waals surface area (Å²) >= 11 is 0. The van der Waals surface area contributed by atoms with E-state index in [2.05, 4.69) is 24.5 Å². The van der Waals surface area contributed by atoms with E-state index < -0.39 is 0 Å². The summed E-state index contributed by atoms with van der Waals surface area (Å²) in [5.74, 6) is 0.622. The van der Waals surface area contributed by atoms with Crippen molar-refractivity contribution in [3.8, 4) is 0 Å². The van der Waals surface area contributed by atoms with Crippen molar-refractivity contribution in [1.29, 1.82) is 0 Å². The molecule has 19 heavy (non-hydrogen) atoms. The summed E-state index contributed by atoms with van der Waals surface area (Å²) < 4.78 is 0. The second-order valence-corrected chi connectivity index (χ2v) is 5.73. The van der Waals surface area contributed by atoms with Crippen LogP contribution in [0.25, 0.3) is 0 Å². The second kappa shape index (κ2) is 5.61. The Hall–Kier alpha value is -1.55. The summed E-state index contributed by atoms with van der Waals surface area (Å²) in [6.07, 6.45) is 2.44. The van der Waals surface area contributed by atoms with Crippen LogP contribution in [0.4, 0.5) is 10.5 Å². The molecule has 104 valence electrons. The highest BCUT2D eigenvalue weighted by atomic mass is 16.2. The third kappa shape index (κ3) is 3.47. The zero-order valence-corrected chi connectivity index (χ0v) is 11.7. The number of hydrogen-bond donors (Lipinski definition) is 3. The van der Waals surface area contributed by atoms with Crippen molar-refractivity contribution < 1.29 is 4.79 Å². The number of nitrogens with one attached hydrogen (secondary N) is 2. The van der Waals surface area contributed by atoms with Crippen molar-refractivity contribution in [3.63, 3.8) is 0 Å². The van der Waals surface area contributed by atoms with E-state index >= 15 is 0 Å². The molecule has 0 unspecified atom stereocenters. The van der Waals surface area contributed by atoms with Gasteiger partial charge in [0, 0.05) is 18.8 Å². The molecule has 0 aliphatic heterocycles. The number of carbonyl (C=O) groups is 1. The number of rotatable bonds is 5. The molecular weight excluding hydrogens is 238 g/mol. The summed E-state index contributed by atoms with van der Waals surface area (Å²) in [6, 6.07) is 7.46. The van der Waals surface area contributed by atoms with Gasteiger partial charge in [0.2, 0.25) is 0 Å². The number of anilines is 1. The molecule has 4 nitrogen and oxygen atoms in total. The van der Waals surface area contributed by atoms with Crippen molar-refractivity contribution in [2.75, 3.05) is 11.9 Å². The molecule has 0 radical (unpaired) electrons. The highest BCUT2D eigenvalue weighted by Gasteiger charge is 2.45. The maximum absolute atomic E-state index is 11.8. The van der Waals surface area contributed by atoms with Gasteiger partial charge in [0.15, 0.2) is 0 Å². The Balaban J connectivity index is 1.81. The summed E-state index contributed by atoms with van der Waals surface area (Å²) in [5.41, 5.74) is 7.72. The van der Waals surface area contributed by atoms with Gasteiger partial charge < -0.3 is 16.4 Å². The average molecular weight is 261 g/mol. The molecule has 0 saturated heterocycles. The zero-order valence-electron chi connectivity index (χ0n) is 11.7. The number of amides is 2. The van der Waals surface area contributed by atoms with Crippen molar-refractivity contribution >= 4 is 11.7 Å². The van der Waals surface area contributed by atoms with Crippen LogP contribution < -0.4 is 16.4 Å². The Labute approximate surface area is 114 Å². The molecule has 0 aromatic heterocycles. The third-order valence-corrected chi connectivity index (χ3v) is 4.17. The van der Waals surface area contributed by atoms with Gasteiger partial charge in [-0.3, -0.25) is 0 Å². The number of urea groups is 1. The highest BCUT2D eigenvalue weighted by Crippen LogP contribution is 2.51. The Kier molecular flexibility index (Phi) is 4.10. The molecule has 2 rings (SSSR count). The van der Waals surface area contributed by atoms with E-state index in [1.165, 1.54) is 12.8 Å². The first-order valence-electron chi connectivity index (χ1n) is 6.89. The van der Waals surface area contributed by atoms with Crippen LogP contribution in [0.3, 0.4) is 0 Å². The van der Waals surface area contributed by atoms with Gasteiger partial charge in [-0.25, -0.2) is 4.79 Å². The van der Waals surface area contributed by atoms with Gasteiger partial charge in [-0.05, 0) is 41.9 Å². The molecule has 0 heterocycles. The van der Waals surface area contributed by atoms with Gasteiger partial charge in [0.1, 0.15) is 0 Å². The molecule has 0 atom stereocenters. The van der Waals surface area contributed by atoms with Crippen LogP contribution >= 0.6 is 0 Å². The first-order chi connectivity index (χ1) is 9.05. The van der Waals surface area contributed by atoms with E-state index in [0.717, 1.165) is 17.8 Å². The van der Waals surface area contributed by atoms with Crippen molar-refractivity contribution in [1.82, 2.24) is 5.32 Å². The fourth-order valence-electron chi connectivity index (χ4n) is 2.27. The van der Waals surface area contributed by atoms with Crippen LogP contribution in [0.1, 0.15) is 32.3 Å². The number of nitrogens with two attached hydrogens (primary N) is 1. The minimum Gasteiger partial charge on any atom is -0.337 e. The van der Waals surface area contributed by atoms with Gasteiger partial charge in [0.25, 0.3) is 0 Å². The van der Waals surface area contributed by atoms with Crippen LogP contribution in [-0.2, 0) is 6.54 Å². The molecule has 1 aliphatic rings. The molecule has 1 fully saturated rings. The lowest BCUT2D eigenvalue weighted by Gasteiger charge is -2.20. The van der Waals surface area contributed by atoms with Crippen LogP contribution in [0, 0.1) is 11.3 Å². The topological polar surface area (TPSA) is 67.2 Å². The molecule has 0 spiro atoms. The second-order valence-electron chi connectivity index (χ2n) is 5.73. The molecule has 0 bridgehead atoms. The number of benzene rings is 1. The SMILES string of the molecule is CC(C)C1(CNC(=O)Nc2ccc(CN)cc2)CC1. The van der Waals surface area contributed by atoms with Gasteiger partial charge in [-0.1, -0.05) is 26.0 Å². The van der Waals surface area contributed by atoms with E-state index in [0.29, 0.717) is 17.9 Å². The monoisotopic (exact) mass is 261 g/mol.